The van der Waals surface area contributed by atoms with Gasteiger partial charge < -0.3 is 20.5 Å². The minimum atomic E-state index is 0. The van der Waals surface area contributed by atoms with E-state index in [2.05, 4.69) is 15.4 Å². The minimum absolute atomic E-state index is 0. The zero-order chi connectivity index (χ0) is 19.2. The minimum Gasteiger partial charge on any atom is -0.481 e. The first-order valence-electron chi connectivity index (χ1n) is 8.53. The van der Waals surface area contributed by atoms with Gasteiger partial charge in [-0.15, -0.1) is 24.0 Å². The van der Waals surface area contributed by atoms with Crippen molar-refractivity contribution in [1.29, 1.82) is 0 Å². The summed E-state index contributed by atoms with van der Waals surface area (Å²) in [5.41, 5.74) is 8.60. The molecule has 0 atom stereocenters. The molecule has 3 aromatic rings. The normalized spacial score (nSPS) is 10.9. The Bertz CT molecular complexity index is 941. The van der Waals surface area contributed by atoms with E-state index in [0.29, 0.717) is 24.1 Å². The van der Waals surface area contributed by atoms with Gasteiger partial charge >= 0.3 is 0 Å². The molecular formula is C20H24IN5O2. The van der Waals surface area contributed by atoms with E-state index in [9.17, 15) is 0 Å². The first kappa shape index (κ1) is 21.5. The number of aromatic nitrogens is 2. The molecule has 0 spiro atoms. The SMILES string of the molecule is COc1c(CN=C(N)Nc2cccc(Oc3ccccc3)c2)c(C)nn1C.I. The van der Waals surface area contributed by atoms with Gasteiger partial charge in [0, 0.05) is 18.8 Å². The van der Waals surface area contributed by atoms with Gasteiger partial charge in [0.1, 0.15) is 11.5 Å². The summed E-state index contributed by atoms with van der Waals surface area (Å²) >= 11 is 0. The molecule has 0 bridgehead atoms. The molecule has 2 aromatic carbocycles. The number of nitrogens with two attached hydrogens (primary N) is 1. The lowest BCUT2D eigenvalue weighted by molar-refractivity contribution is 0.369. The molecule has 0 aliphatic rings. The number of rotatable bonds is 6. The fraction of sp³-hybridized carbons (Fsp3) is 0.200. The highest BCUT2D eigenvalue weighted by atomic mass is 127. The standard InChI is InChI=1S/C20H23N5O2.HI/c1-14-18(19(26-3)25(2)24-14)13-22-20(21)23-15-8-7-11-17(12-15)27-16-9-5-4-6-10-16;/h4-12H,13H2,1-3H3,(H3,21,22,23);1H. The first-order valence-corrected chi connectivity index (χ1v) is 8.53. The number of ether oxygens (including phenoxy) is 2. The Morgan fingerprint density at radius 2 is 1.86 bits per heavy atom. The third-order valence-electron chi connectivity index (χ3n) is 3.98. The van der Waals surface area contributed by atoms with Crippen molar-refractivity contribution in [3.8, 4) is 17.4 Å². The molecule has 0 amide bonds. The molecule has 0 saturated heterocycles. The lowest BCUT2D eigenvalue weighted by atomic mass is 10.2. The van der Waals surface area contributed by atoms with Gasteiger partial charge in [0.2, 0.25) is 5.88 Å². The van der Waals surface area contributed by atoms with E-state index < -0.39 is 0 Å². The van der Waals surface area contributed by atoms with Crippen LogP contribution in [0.2, 0.25) is 0 Å². The van der Waals surface area contributed by atoms with Crippen LogP contribution in [-0.4, -0.2) is 22.8 Å². The number of hydrogen-bond donors (Lipinski definition) is 2. The largest absolute Gasteiger partial charge is 0.481 e. The molecule has 0 saturated carbocycles. The lowest BCUT2D eigenvalue weighted by Crippen LogP contribution is -2.22. The number of benzene rings is 2. The van der Waals surface area contributed by atoms with Gasteiger partial charge in [-0.25, -0.2) is 9.67 Å². The van der Waals surface area contributed by atoms with Gasteiger partial charge in [0.05, 0.1) is 24.9 Å². The third-order valence-corrected chi connectivity index (χ3v) is 3.98. The van der Waals surface area contributed by atoms with Crippen LogP contribution in [0.3, 0.4) is 0 Å². The van der Waals surface area contributed by atoms with Crippen LogP contribution in [0.25, 0.3) is 0 Å². The number of anilines is 1. The summed E-state index contributed by atoms with van der Waals surface area (Å²) in [6.07, 6.45) is 0. The smallest absolute Gasteiger partial charge is 0.216 e. The van der Waals surface area contributed by atoms with E-state index in [-0.39, 0.29) is 24.0 Å². The van der Waals surface area contributed by atoms with E-state index in [1.165, 1.54) is 0 Å². The average Bonchev–Trinajstić information content (AvgIpc) is 2.93. The Balaban J connectivity index is 0.00000280. The van der Waals surface area contributed by atoms with Crippen LogP contribution in [0.1, 0.15) is 11.3 Å². The Kier molecular flexibility index (Phi) is 7.68. The van der Waals surface area contributed by atoms with Crippen LogP contribution in [0.15, 0.2) is 59.6 Å². The van der Waals surface area contributed by atoms with Crippen molar-refractivity contribution in [2.45, 2.75) is 13.5 Å². The molecule has 0 radical (unpaired) electrons. The second-order valence-corrected chi connectivity index (χ2v) is 5.97. The van der Waals surface area contributed by atoms with Crippen molar-refractivity contribution in [2.24, 2.45) is 17.8 Å². The molecule has 0 unspecified atom stereocenters. The maximum absolute atomic E-state index is 6.03. The quantitative estimate of drug-likeness (QED) is 0.307. The van der Waals surface area contributed by atoms with Crippen LogP contribution in [-0.2, 0) is 13.6 Å². The molecule has 0 fully saturated rings. The maximum atomic E-state index is 6.03. The van der Waals surface area contributed by atoms with Crippen LogP contribution in [0, 0.1) is 6.92 Å². The Morgan fingerprint density at radius 3 is 2.57 bits per heavy atom. The Hall–Kier alpha value is -2.75. The molecule has 0 aliphatic carbocycles. The number of guanidine groups is 1. The van der Waals surface area contributed by atoms with Gasteiger partial charge in [-0.05, 0) is 31.2 Å². The highest BCUT2D eigenvalue weighted by Gasteiger charge is 2.13. The molecule has 1 heterocycles. The Morgan fingerprint density at radius 1 is 1.14 bits per heavy atom. The van der Waals surface area contributed by atoms with E-state index in [4.69, 9.17) is 15.2 Å². The summed E-state index contributed by atoms with van der Waals surface area (Å²) in [5.74, 6) is 2.47. The van der Waals surface area contributed by atoms with Crippen LogP contribution < -0.4 is 20.5 Å². The number of aliphatic imine (C=N–C) groups is 1. The molecular weight excluding hydrogens is 469 g/mol. The van der Waals surface area contributed by atoms with E-state index in [1.54, 1.807) is 11.8 Å². The molecule has 1 aromatic heterocycles. The van der Waals surface area contributed by atoms with Gasteiger partial charge in [-0.1, -0.05) is 24.3 Å². The van der Waals surface area contributed by atoms with E-state index >= 15 is 0 Å². The zero-order valence-corrected chi connectivity index (χ0v) is 18.4. The number of hydrogen-bond acceptors (Lipinski definition) is 4. The summed E-state index contributed by atoms with van der Waals surface area (Å²) in [4.78, 5) is 4.40. The number of methoxy groups -OCH3 is 1. The second-order valence-electron chi connectivity index (χ2n) is 5.97. The molecule has 7 nitrogen and oxygen atoms in total. The third kappa shape index (κ3) is 5.38. The zero-order valence-electron chi connectivity index (χ0n) is 16.0. The van der Waals surface area contributed by atoms with Crippen molar-refractivity contribution < 1.29 is 9.47 Å². The molecule has 28 heavy (non-hydrogen) atoms. The molecule has 148 valence electrons. The summed E-state index contributed by atoms with van der Waals surface area (Å²) in [6, 6.07) is 17.1. The summed E-state index contributed by atoms with van der Waals surface area (Å²) < 4.78 is 12.9. The Labute approximate surface area is 181 Å². The highest BCUT2D eigenvalue weighted by Crippen LogP contribution is 2.24. The summed E-state index contributed by atoms with van der Waals surface area (Å²) in [5, 5.41) is 7.42. The predicted molar refractivity (Wildman–Crippen MR) is 122 cm³/mol. The second kappa shape index (κ2) is 9.98. The van der Waals surface area contributed by atoms with Crippen LogP contribution in [0.4, 0.5) is 5.69 Å². The molecule has 3 N–H and O–H groups in total. The molecule has 0 aliphatic heterocycles. The summed E-state index contributed by atoms with van der Waals surface area (Å²) in [7, 11) is 3.45. The van der Waals surface area contributed by atoms with Gasteiger partial charge in [0.15, 0.2) is 5.96 Å². The predicted octanol–water partition coefficient (Wildman–Crippen LogP) is 4.07. The number of nitrogens with zero attached hydrogens (tertiary/aromatic N) is 3. The van der Waals surface area contributed by atoms with Gasteiger partial charge in [-0.2, -0.15) is 5.10 Å². The van der Waals surface area contributed by atoms with Crippen molar-refractivity contribution in [1.82, 2.24) is 9.78 Å². The summed E-state index contributed by atoms with van der Waals surface area (Å²) in [6.45, 7) is 2.29. The molecule has 3 rings (SSSR count). The van der Waals surface area contributed by atoms with Crippen molar-refractivity contribution in [3.63, 3.8) is 0 Å². The number of halogens is 1. The van der Waals surface area contributed by atoms with Crippen LogP contribution >= 0.6 is 24.0 Å². The number of nitrogens with one attached hydrogen (secondary N) is 1. The fourth-order valence-electron chi connectivity index (χ4n) is 2.73. The van der Waals surface area contributed by atoms with Gasteiger partial charge in [0.25, 0.3) is 0 Å². The number of aryl methyl sites for hydroxylation is 2. The monoisotopic (exact) mass is 493 g/mol. The first-order chi connectivity index (χ1) is 13.1. The molecule has 8 heteroatoms. The van der Waals surface area contributed by atoms with Crippen molar-refractivity contribution >= 4 is 35.6 Å². The maximum Gasteiger partial charge on any atom is 0.216 e. The van der Waals surface area contributed by atoms with Gasteiger partial charge in [-0.3, -0.25) is 0 Å². The highest BCUT2D eigenvalue weighted by molar-refractivity contribution is 14.0. The fourth-order valence-corrected chi connectivity index (χ4v) is 2.73. The average molecular weight is 493 g/mol. The number of para-hydroxylation sites is 1. The van der Waals surface area contributed by atoms with Crippen molar-refractivity contribution in [2.75, 3.05) is 12.4 Å². The topological polar surface area (TPSA) is 86.7 Å². The van der Waals surface area contributed by atoms with E-state index in [1.807, 2.05) is 68.6 Å². The van der Waals surface area contributed by atoms with Crippen molar-refractivity contribution in [3.05, 3.63) is 65.9 Å². The van der Waals surface area contributed by atoms with E-state index in [0.717, 1.165) is 22.7 Å². The lowest BCUT2D eigenvalue weighted by Gasteiger charge is -2.09. The van der Waals surface area contributed by atoms with Crippen LogP contribution in [0.5, 0.6) is 17.4 Å².